The minimum atomic E-state index is -4.46. The lowest BCUT2D eigenvalue weighted by molar-refractivity contribution is 0.0794. The second-order valence-electron chi connectivity index (χ2n) is 3.52. The van der Waals surface area contributed by atoms with E-state index in [0.29, 0.717) is 18.9 Å². The lowest BCUT2D eigenvalue weighted by Crippen LogP contribution is -2.17. The summed E-state index contributed by atoms with van der Waals surface area (Å²) in [7, 11) is -4.46. The predicted molar refractivity (Wildman–Crippen MR) is 68.0 cm³/mol. The van der Waals surface area contributed by atoms with Crippen LogP contribution in [0.5, 0.6) is 0 Å². The Morgan fingerprint density at radius 1 is 1.17 bits per heavy atom. The van der Waals surface area contributed by atoms with Crippen molar-refractivity contribution in [3.8, 4) is 0 Å². The summed E-state index contributed by atoms with van der Waals surface area (Å²) < 4.78 is 48.9. The molecule has 0 aromatic heterocycles. The fourth-order valence-electron chi connectivity index (χ4n) is 1.27. The molecule has 0 aliphatic heterocycles. The van der Waals surface area contributed by atoms with E-state index in [1.807, 2.05) is 13.8 Å². The summed E-state index contributed by atoms with van der Waals surface area (Å²) in [4.78, 5) is 0. The van der Waals surface area contributed by atoms with E-state index in [1.165, 1.54) is 13.8 Å². The Bertz CT molecular complexity index is 344. The van der Waals surface area contributed by atoms with Crippen LogP contribution in [0.1, 0.15) is 40.5 Å². The monoisotopic (exact) mass is 282 g/mol. The van der Waals surface area contributed by atoms with Crippen LogP contribution in [0.4, 0.5) is 8.78 Å². The fraction of sp³-hybridized carbons (Fsp3) is 0.750. The van der Waals surface area contributed by atoms with Crippen molar-refractivity contribution in [1.82, 2.24) is 0 Å². The molecule has 106 valence electrons. The zero-order valence-corrected chi connectivity index (χ0v) is 12.2. The molecule has 6 heteroatoms. The molecule has 0 atom stereocenters. The van der Waals surface area contributed by atoms with Gasteiger partial charge in [-0.05, 0) is 32.3 Å². The van der Waals surface area contributed by atoms with Gasteiger partial charge in [0.05, 0.1) is 13.2 Å². The van der Waals surface area contributed by atoms with Crippen LogP contribution >= 0.6 is 7.60 Å². The van der Waals surface area contributed by atoms with Crippen LogP contribution < -0.4 is 0 Å². The minimum absolute atomic E-state index is 0.0984. The molecule has 0 saturated heterocycles. The number of alkyl halides is 2. The Labute approximate surface area is 107 Å². The summed E-state index contributed by atoms with van der Waals surface area (Å²) in [5.41, 5.74) is -0.436. The van der Waals surface area contributed by atoms with Gasteiger partial charge in [0, 0.05) is 6.08 Å². The number of rotatable bonds is 8. The summed E-state index contributed by atoms with van der Waals surface area (Å²) in [5.74, 6) is 0. The molecule has 0 unspecified atom stereocenters. The first-order chi connectivity index (χ1) is 8.36. The predicted octanol–water partition coefficient (Wildman–Crippen LogP) is 4.75. The zero-order valence-electron chi connectivity index (χ0n) is 11.3. The molecule has 0 aromatic rings. The van der Waals surface area contributed by atoms with Crippen molar-refractivity contribution >= 4 is 7.60 Å². The number of allylic oxidation sites excluding steroid dienone is 1. The van der Waals surface area contributed by atoms with E-state index in [4.69, 9.17) is 0 Å². The van der Waals surface area contributed by atoms with Crippen LogP contribution in [-0.4, -0.2) is 18.9 Å². The highest BCUT2D eigenvalue weighted by Crippen LogP contribution is 2.62. The second kappa shape index (κ2) is 7.85. The molecule has 0 aliphatic rings. The van der Waals surface area contributed by atoms with Crippen LogP contribution in [-0.2, 0) is 13.6 Å². The highest BCUT2D eigenvalue weighted by atomic mass is 31.2. The van der Waals surface area contributed by atoms with Gasteiger partial charge < -0.3 is 9.05 Å². The molecule has 0 spiro atoms. The maximum Gasteiger partial charge on any atom is 0.404 e. The van der Waals surface area contributed by atoms with Crippen molar-refractivity contribution in [3.05, 3.63) is 17.4 Å². The smallest absolute Gasteiger partial charge is 0.304 e. The first kappa shape index (κ1) is 17.5. The number of halogens is 2. The molecular formula is C12H21F2O3P. The van der Waals surface area contributed by atoms with E-state index in [2.05, 4.69) is 14.8 Å². The van der Waals surface area contributed by atoms with Gasteiger partial charge in [-0.2, -0.15) is 8.78 Å². The normalized spacial score (nSPS) is 12.1. The Morgan fingerprint density at radius 3 is 1.94 bits per heavy atom. The average molecular weight is 282 g/mol. The Balaban J connectivity index is 5.31. The summed E-state index contributed by atoms with van der Waals surface area (Å²) in [6.07, 6.45) is 1.74. The van der Waals surface area contributed by atoms with E-state index in [0.717, 1.165) is 5.57 Å². The van der Waals surface area contributed by atoms with Gasteiger partial charge in [-0.3, -0.25) is 4.57 Å². The van der Waals surface area contributed by atoms with E-state index < -0.39 is 13.3 Å². The van der Waals surface area contributed by atoms with Crippen molar-refractivity contribution in [2.75, 3.05) is 13.2 Å². The van der Waals surface area contributed by atoms with Gasteiger partial charge in [-0.1, -0.05) is 13.8 Å². The second-order valence-corrected chi connectivity index (χ2v) is 5.63. The molecule has 0 bridgehead atoms. The van der Waals surface area contributed by atoms with Crippen molar-refractivity contribution < 1.29 is 22.4 Å². The molecule has 0 N–H and O–H groups in total. The quantitative estimate of drug-likeness (QED) is 0.476. The Hall–Kier alpha value is -0.470. The van der Waals surface area contributed by atoms with Crippen molar-refractivity contribution in [2.45, 2.75) is 46.2 Å². The average Bonchev–Trinajstić information content (AvgIpc) is 2.30. The molecule has 0 saturated carbocycles. The fourth-order valence-corrected chi connectivity index (χ4v) is 2.59. The zero-order chi connectivity index (χ0) is 14.2. The molecule has 0 amide bonds. The van der Waals surface area contributed by atoms with Crippen molar-refractivity contribution in [2.24, 2.45) is 0 Å². The summed E-state index contributed by atoms with van der Waals surface area (Å²) in [5, 5.41) is 0. The molecule has 0 fully saturated rings. The van der Waals surface area contributed by atoms with Crippen molar-refractivity contribution in [3.63, 3.8) is 0 Å². The third kappa shape index (κ3) is 4.66. The molecular weight excluding hydrogens is 261 g/mol. The van der Waals surface area contributed by atoms with Gasteiger partial charge in [0.15, 0.2) is 0 Å². The number of hydrogen-bond donors (Lipinski definition) is 0. The van der Waals surface area contributed by atoms with Gasteiger partial charge in [0.25, 0.3) is 0 Å². The molecule has 0 rings (SSSR count). The highest BCUT2D eigenvalue weighted by molar-refractivity contribution is 7.55. The van der Waals surface area contributed by atoms with Crippen LogP contribution in [0.3, 0.4) is 0 Å². The maximum atomic E-state index is 13.8. The minimum Gasteiger partial charge on any atom is -0.304 e. The van der Waals surface area contributed by atoms with E-state index in [9.17, 15) is 13.3 Å². The lowest BCUT2D eigenvalue weighted by Gasteiger charge is -2.22. The third-order valence-electron chi connectivity index (χ3n) is 2.27. The molecule has 0 heterocycles. The van der Waals surface area contributed by atoms with Crippen LogP contribution in [0.15, 0.2) is 17.4 Å². The van der Waals surface area contributed by atoms with E-state index >= 15 is 0 Å². The molecule has 3 nitrogen and oxygen atoms in total. The first-order valence-corrected chi connectivity index (χ1v) is 7.63. The molecule has 0 aliphatic carbocycles. The Morgan fingerprint density at radius 2 is 1.61 bits per heavy atom. The first-order valence-electron chi connectivity index (χ1n) is 6.09. The van der Waals surface area contributed by atoms with Gasteiger partial charge >= 0.3 is 13.3 Å². The summed E-state index contributed by atoms with van der Waals surface area (Å²) in [6, 6.07) is 0. The van der Waals surface area contributed by atoms with Gasteiger partial charge in [0.2, 0.25) is 0 Å². The number of hydrogen-bond acceptors (Lipinski definition) is 3. The third-order valence-corrected chi connectivity index (χ3v) is 4.32. The summed E-state index contributed by atoms with van der Waals surface area (Å²) >= 11 is 0. The molecule has 0 aromatic carbocycles. The molecule has 0 radical (unpaired) electrons. The van der Waals surface area contributed by atoms with Gasteiger partial charge in [-0.25, -0.2) is 0 Å². The van der Waals surface area contributed by atoms with Crippen LogP contribution in [0, 0.1) is 0 Å². The SMILES string of the molecule is CCOP(=O)(OCC)C(F)(F)C=C=C(CC)CC. The molecule has 18 heavy (non-hydrogen) atoms. The summed E-state index contributed by atoms with van der Waals surface area (Å²) in [6.45, 7) is 6.48. The van der Waals surface area contributed by atoms with Crippen LogP contribution in [0.25, 0.3) is 0 Å². The van der Waals surface area contributed by atoms with E-state index in [-0.39, 0.29) is 13.2 Å². The van der Waals surface area contributed by atoms with Crippen LogP contribution in [0.2, 0.25) is 0 Å². The van der Waals surface area contributed by atoms with Gasteiger partial charge in [-0.15, -0.1) is 5.73 Å². The lowest BCUT2D eigenvalue weighted by atomic mass is 10.2. The van der Waals surface area contributed by atoms with E-state index in [1.54, 1.807) is 0 Å². The topological polar surface area (TPSA) is 35.5 Å². The maximum absolute atomic E-state index is 13.8. The van der Waals surface area contributed by atoms with Gasteiger partial charge in [0.1, 0.15) is 0 Å². The largest absolute Gasteiger partial charge is 0.404 e. The highest BCUT2D eigenvalue weighted by Gasteiger charge is 2.51. The standard InChI is InChI=1S/C12H21F2O3P/c1-5-11(6-2)9-10-12(13,14)18(15,16-7-3)17-8-4/h10H,5-8H2,1-4H3. The van der Waals surface area contributed by atoms with Crippen molar-refractivity contribution in [1.29, 1.82) is 0 Å². The Kier molecular flexibility index (Phi) is 7.65.